The van der Waals surface area contributed by atoms with Crippen molar-refractivity contribution in [2.45, 2.75) is 13.0 Å². The van der Waals surface area contributed by atoms with Gasteiger partial charge in [-0.25, -0.2) is 0 Å². The molecule has 0 saturated heterocycles. The van der Waals surface area contributed by atoms with Gasteiger partial charge in [-0.05, 0) is 64.7 Å². The molecule has 17 heavy (non-hydrogen) atoms. The first-order valence-electron chi connectivity index (χ1n) is 5.37. The molecule has 4 heteroatoms. The SMILES string of the molecule is Cc1ccsc1C(CN)Oc1cccc(I)c1. The molecular formula is C13H14INOS. The molecule has 0 spiro atoms. The first-order valence-corrected chi connectivity index (χ1v) is 7.33. The van der Waals surface area contributed by atoms with Crippen LogP contribution in [0.25, 0.3) is 0 Å². The lowest BCUT2D eigenvalue weighted by Crippen LogP contribution is -2.18. The first-order chi connectivity index (χ1) is 8.20. The topological polar surface area (TPSA) is 35.2 Å². The summed E-state index contributed by atoms with van der Waals surface area (Å²) in [7, 11) is 0. The summed E-state index contributed by atoms with van der Waals surface area (Å²) in [5, 5.41) is 2.07. The van der Waals surface area contributed by atoms with Crippen LogP contribution in [0.5, 0.6) is 5.75 Å². The highest BCUT2D eigenvalue weighted by molar-refractivity contribution is 14.1. The monoisotopic (exact) mass is 359 g/mol. The van der Waals surface area contributed by atoms with Gasteiger partial charge in [-0.3, -0.25) is 0 Å². The van der Waals surface area contributed by atoms with Crippen molar-refractivity contribution in [2.75, 3.05) is 6.54 Å². The minimum absolute atomic E-state index is 0.0480. The van der Waals surface area contributed by atoms with Crippen LogP contribution in [0.15, 0.2) is 35.7 Å². The Labute approximate surface area is 119 Å². The van der Waals surface area contributed by atoms with Crippen molar-refractivity contribution in [3.8, 4) is 5.75 Å². The highest BCUT2D eigenvalue weighted by Crippen LogP contribution is 2.28. The number of thiophene rings is 1. The summed E-state index contributed by atoms with van der Waals surface area (Å²) in [4.78, 5) is 1.21. The molecule has 0 saturated carbocycles. The Kier molecular flexibility index (Phi) is 4.42. The number of ether oxygens (including phenoxy) is 1. The zero-order valence-electron chi connectivity index (χ0n) is 9.52. The minimum atomic E-state index is -0.0480. The van der Waals surface area contributed by atoms with Crippen molar-refractivity contribution in [2.24, 2.45) is 5.73 Å². The second-order valence-corrected chi connectivity index (χ2v) is 5.96. The van der Waals surface area contributed by atoms with Crippen LogP contribution < -0.4 is 10.5 Å². The van der Waals surface area contributed by atoms with E-state index in [9.17, 15) is 0 Å². The highest BCUT2D eigenvalue weighted by atomic mass is 127. The van der Waals surface area contributed by atoms with E-state index in [-0.39, 0.29) is 6.10 Å². The van der Waals surface area contributed by atoms with Crippen LogP contribution >= 0.6 is 33.9 Å². The summed E-state index contributed by atoms with van der Waals surface area (Å²) in [5.41, 5.74) is 7.04. The van der Waals surface area contributed by atoms with Gasteiger partial charge < -0.3 is 10.5 Å². The maximum absolute atomic E-state index is 5.95. The van der Waals surface area contributed by atoms with E-state index in [1.807, 2.05) is 24.3 Å². The fourth-order valence-electron chi connectivity index (χ4n) is 1.63. The largest absolute Gasteiger partial charge is 0.484 e. The van der Waals surface area contributed by atoms with E-state index in [1.165, 1.54) is 14.0 Å². The number of benzene rings is 1. The Morgan fingerprint density at radius 3 is 2.82 bits per heavy atom. The van der Waals surface area contributed by atoms with Gasteiger partial charge in [-0.1, -0.05) is 6.07 Å². The van der Waals surface area contributed by atoms with Gasteiger partial charge >= 0.3 is 0 Å². The number of aryl methyl sites for hydroxylation is 1. The van der Waals surface area contributed by atoms with Crippen LogP contribution in [-0.2, 0) is 0 Å². The molecule has 90 valence electrons. The van der Waals surface area contributed by atoms with E-state index in [0.717, 1.165) is 5.75 Å². The molecule has 0 bridgehead atoms. The zero-order valence-corrected chi connectivity index (χ0v) is 12.5. The predicted molar refractivity (Wildman–Crippen MR) is 80.6 cm³/mol. The third kappa shape index (κ3) is 3.20. The van der Waals surface area contributed by atoms with Crippen LogP contribution in [0.2, 0.25) is 0 Å². The van der Waals surface area contributed by atoms with Gasteiger partial charge in [-0.2, -0.15) is 0 Å². The fourth-order valence-corrected chi connectivity index (χ4v) is 3.11. The lowest BCUT2D eigenvalue weighted by Gasteiger charge is -2.17. The molecule has 1 aromatic carbocycles. The van der Waals surface area contributed by atoms with E-state index in [4.69, 9.17) is 10.5 Å². The number of nitrogens with two attached hydrogens (primary N) is 1. The molecule has 1 aromatic heterocycles. The number of hydrogen-bond donors (Lipinski definition) is 1. The van der Waals surface area contributed by atoms with Gasteiger partial charge in [0.2, 0.25) is 0 Å². The zero-order chi connectivity index (χ0) is 12.3. The van der Waals surface area contributed by atoms with Crippen LogP contribution in [0.3, 0.4) is 0 Å². The van der Waals surface area contributed by atoms with E-state index in [1.54, 1.807) is 11.3 Å². The number of hydrogen-bond acceptors (Lipinski definition) is 3. The van der Waals surface area contributed by atoms with Gasteiger partial charge in [0.05, 0.1) is 0 Å². The number of rotatable bonds is 4. The molecule has 1 unspecified atom stereocenters. The summed E-state index contributed by atoms with van der Waals surface area (Å²) in [6.45, 7) is 2.58. The first kappa shape index (κ1) is 12.9. The molecule has 0 fully saturated rings. The molecule has 1 atom stereocenters. The Balaban J connectivity index is 2.19. The molecule has 0 aliphatic rings. The minimum Gasteiger partial charge on any atom is -0.484 e. The molecule has 1 heterocycles. The van der Waals surface area contributed by atoms with Crippen LogP contribution in [0.4, 0.5) is 0 Å². The van der Waals surface area contributed by atoms with E-state index in [0.29, 0.717) is 6.54 Å². The van der Waals surface area contributed by atoms with Gasteiger partial charge in [0.1, 0.15) is 11.9 Å². The third-order valence-electron chi connectivity index (χ3n) is 2.48. The van der Waals surface area contributed by atoms with Crippen LogP contribution in [0, 0.1) is 10.5 Å². The van der Waals surface area contributed by atoms with Gasteiger partial charge in [0.15, 0.2) is 0 Å². The Morgan fingerprint density at radius 2 is 2.24 bits per heavy atom. The maximum Gasteiger partial charge on any atom is 0.145 e. The smallest absolute Gasteiger partial charge is 0.145 e. The normalized spacial score (nSPS) is 12.4. The predicted octanol–water partition coefficient (Wildman–Crippen LogP) is 3.74. The highest BCUT2D eigenvalue weighted by Gasteiger charge is 2.15. The van der Waals surface area contributed by atoms with E-state index >= 15 is 0 Å². The molecule has 0 aliphatic heterocycles. The van der Waals surface area contributed by atoms with Gasteiger partial charge in [0.25, 0.3) is 0 Å². The van der Waals surface area contributed by atoms with Crippen molar-refractivity contribution in [3.63, 3.8) is 0 Å². The summed E-state index contributed by atoms with van der Waals surface area (Å²) in [6, 6.07) is 10.1. The van der Waals surface area contributed by atoms with Crippen molar-refractivity contribution in [3.05, 3.63) is 49.7 Å². The second kappa shape index (κ2) is 5.84. The molecule has 0 radical (unpaired) electrons. The Hall–Kier alpha value is -0.590. The quantitative estimate of drug-likeness (QED) is 0.845. The van der Waals surface area contributed by atoms with Crippen molar-refractivity contribution in [1.82, 2.24) is 0 Å². The van der Waals surface area contributed by atoms with Crippen molar-refractivity contribution >= 4 is 33.9 Å². The second-order valence-electron chi connectivity index (χ2n) is 3.77. The van der Waals surface area contributed by atoms with Crippen molar-refractivity contribution < 1.29 is 4.74 Å². The standard InChI is InChI=1S/C13H14INOS/c1-9-5-6-17-13(9)12(8-15)16-11-4-2-3-10(14)7-11/h2-7,12H,8,15H2,1H3. The van der Waals surface area contributed by atoms with E-state index < -0.39 is 0 Å². The average molecular weight is 359 g/mol. The molecule has 0 amide bonds. The molecular weight excluding hydrogens is 345 g/mol. The van der Waals surface area contributed by atoms with Crippen molar-refractivity contribution in [1.29, 1.82) is 0 Å². The fraction of sp³-hybridized carbons (Fsp3) is 0.231. The van der Waals surface area contributed by atoms with E-state index in [2.05, 4.69) is 41.0 Å². The van der Waals surface area contributed by atoms with Crippen LogP contribution in [-0.4, -0.2) is 6.54 Å². The summed E-state index contributed by atoms with van der Waals surface area (Å²) >= 11 is 3.97. The molecule has 2 aromatic rings. The molecule has 0 aliphatic carbocycles. The van der Waals surface area contributed by atoms with Gasteiger partial charge in [-0.15, -0.1) is 11.3 Å². The lowest BCUT2D eigenvalue weighted by molar-refractivity contribution is 0.217. The third-order valence-corrected chi connectivity index (χ3v) is 4.26. The Morgan fingerprint density at radius 1 is 1.41 bits per heavy atom. The van der Waals surface area contributed by atoms with Gasteiger partial charge in [0, 0.05) is 15.0 Å². The van der Waals surface area contributed by atoms with Crippen LogP contribution in [0.1, 0.15) is 16.5 Å². The molecule has 2 N–H and O–H groups in total. The Bertz CT molecular complexity index is 498. The lowest BCUT2D eigenvalue weighted by atomic mass is 10.2. The average Bonchev–Trinajstić information content (AvgIpc) is 2.72. The maximum atomic E-state index is 5.95. The molecule has 2 rings (SSSR count). The molecule has 2 nitrogen and oxygen atoms in total. The summed E-state index contributed by atoms with van der Waals surface area (Å²) in [5.74, 6) is 0.875. The number of halogens is 1. The summed E-state index contributed by atoms with van der Waals surface area (Å²) in [6.07, 6.45) is -0.0480. The summed E-state index contributed by atoms with van der Waals surface area (Å²) < 4.78 is 7.12.